The van der Waals surface area contributed by atoms with Crippen molar-refractivity contribution < 1.29 is 23.9 Å². The highest BCUT2D eigenvalue weighted by Gasteiger charge is 2.47. The predicted octanol–water partition coefficient (Wildman–Crippen LogP) is 4.41. The lowest BCUT2D eigenvalue weighted by Gasteiger charge is -2.18. The first-order valence-corrected chi connectivity index (χ1v) is 11.7. The zero-order valence-electron chi connectivity index (χ0n) is 17.9. The average molecular weight is 499 g/mol. The van der Waals surface area contributed by atoms with Crippen molar-refractivity contribution in [3.63, 3.8) is 0 Å². The van der Waals surface area contributed by atoms with E-state index < -0.39 is 11.9 Å². The van der Waals surface area contributed by atoms with Crippen LogP contribution >= 0.6 is 23.2 Å². The summed E-state index contributed by atoms with van der Waals surface area (Å²) >= 11 is 12.3. The van der Waals surface area contributed by atoms with Crippen molar-refractivity contribution in [2.75, 3.05) is 16.3 Å². The molecule has 0 aromatic heterocycles. The molecule has 1 aliphatic carbocycles. The summed E-state index contributed by atoms with van der Waals surface area (Å²) in [5.41, 5.74) is 0.900. The molecule has 9 heteroatoms. The van der Waals surface area contributed by atoms with Crippen LogP contribution in [0.15, 0.2) is 54.6 Å². The van der Waals surface area contributed by atoms with Gasteiger partial charge in [0.25, 0.3) is 0 Å². The minimum Gasteiger partial charge on any atom is -0.426 e. The Morgan fingerprint density at radius 2 is 1.56 bits per heavy atom. The van der Waals surface area contributed by atoms with E-state index in [0.717, 1.165) is 0 Å². The van der Waals surface area contributed by atoms with E-state index >= 15 is 0 Å². The Kier molecular flexibility index (Phi) is 5.91. The van der Waals surface area contributed by atoms with Crippen LogP contribution in [0.3, 0.4) is 0 Å². The number of ether oxygens (including phenoxy) is 1. The van der Waals surface area contributed by atoms with Crippen molar-refractivity contribution >= 4 is 58.3 Å². The molecule has 2 aromatic carbocycles. The highest BCUT2D eigenvalue weighted by Crippen LogP contribution is 2.38. The Hall–Kier alpha value is -3.16. The number of benzene rings is 2. The first-order valence-electron chi connectivity index (χ1n) is 10.9. The van der Waals surface area contributed by atoms with Crippen LogP contribution in [-0.2, 0) is 19.2 Å². The lowest BCUT2D eigenvalue weighted by atomic mass is 9.85. The van der Waals surface area contributed by atoms with Crippen molar-refractivity contribution in [3.8, 4) is 5.75 Å². The third-order valence-corrected chi connectivity index (χ3v) is 7.31. The van der Waals surface area contributed by atoms with Crippen molar-refractivity contribution in [1.82, 2.24) is 0 Å². The number of allylic oxidation sites excluding steroid dienone is 2. The summed E-state index contributed by atoms with van der Waals surface area (Å²) in [6.45, 7) is 0.128. The van der Waals surface area contributed by atoms with Crippen LogP contribution in [0.5, 0.6) is 5.75 Å². The van der Waals surface area contributed by atoms with Gasteiger partial charge in [-0.3, -0.25) is 24.1 Å². The minimum absolute atomic E-state index is 0.00659. The van der Waals surface area contributed by atoms with Crippen LogP contribution in [0.25, 0.3) is 0 Å². The summed E-state index contributed by atoms with van der Waals surface area (Å²) in [6, 6.07) is 11.2. The van der Waals surface area contributed by atoms with Gasteiger partial charge >= 0.3 is 5.97 Å². The topological polar surface area (TPSA) is 84.0 Å². The molecule has 2 aliphatic heterocycles. The molecular weight excluding hydrogens is 479 g/mol. The molecule has 2 heterocycles. The molecule has 34 heavy (non-hydrogen) atoms. The Balaban J connectivity index is 1.25. The molecular formula is C25H20Cl2N2O5. The van der Waals surface area contributed by atoms with Crippen molar-refractivity contribution in [2.45, 2.75) is 19.3 Å². The number of carbonyl (C=O) groups is 4. The monoisotopic (exact) mass is 498 g/mol. The fourth-order valence-corrected chi connectivity index (χ4v) is 5.11. The van der Waals surface area contributed by atoms with Gasteiger partial charge in [-0.15, -0.1) is 0 Å². The van der Waals surface area contributed by atoms with Crippen LogP contribution in [0.1, 0.15) is 19.3 Å². The number of carbonyl (C=O) groups excluding carboxylic acids is 4. The number of rotatable bonds is 4. The first kappa shape index (κ1) is 22.6. The Labute approximate surface area is 205 Å². The van der Waals surface area contributed by atoms with Gasteiger partial charge in [0.2, 0.25) is 17.7 Å². The SMILES string of the molecule is O=C(Oc1ccc(N2C(=O)[C@H]3CC=CC[C@H]3C2=O)cc1)[C@@H]1CC(=O)N(c2cccc(Cl)c2Cl)C1. The molecule has 0 radical (unpaired) electrons. The molecule has 2 fully saturated rings. The maximum atomic E-state index is 12.7. The summed E-state index contributed by atoms with van der Waals surface area (Å²) < 4.78 is 5.48. The second kappa shape index (κ2) is 8.89. The van der Waals surface area contributed by atoms with Gasteiger partial charge in [0.05, 0.1) is 39.2 Å². The Bertz CT molecular complexity index is 1200. The number of amides is 3. The molecule has 0 spiro atoms. The van der Waals surface area contributed by atoms with E-state index in [1.54, 1.807) is 30.3 Å². The lowest BCUT2D eigenvalue weighted by Crippen LogP contribution is -2.30. The van der Waals surface area contributed by atoms with Gasteiger partial charge in [-0.2, -0.15) is 0 Å². The van der Waals surface area contributed by atoms with E-state index in [1.165, 1.54) is 21.9 Å². The molecule has 2 aromatic rings. The molecule has 3 aliphatic rings. The first-order chi connectivity index (χ1) is 16.3. The van der Waals surface area contributed by atoms with Gasteiger partial charge < -0.3 is 9.64 Å². The van der Waals surface area contributed by atoms with Crippen LogP contribution in [0, 0.1) is 17.8 Å². The Morgan fingerprint density at radius 3 is 2.21 bits per heavy atom. The van der Waals surface area contributed by atoms with Crippen molar-refractivity contribution in [3.05, 3.63) is 64.7 Å². The molecule has 0 N–H and O–H groups in total. The van der Waals surface area contributed by atoms with Crippen LogP contribution in [0.4, 0.5) is 11.4 Å². The molecule has 3 amide bonds. The minimum atomic E-state index is -0.667. The smallest absolute Gasteiger partial charge is 0.316 e. The largest absolute Gasteiger partial charge is 0.426 e. The third kappa shape index (κ3) is 3.89. The fourth-order valence-electron chi connectivity index (χ4n) is 4.72. The number of nitrogens with zero attached hydrogens (tertiary/aromatic N) is 2. The second-order valence-corrected chi connectivity index (χ2v) is 9.35. The fraction of sp³-hybridized carbons (Fsp3) is 0.280. The number of hydrogen-bond donors (Lipinski definition) is 0. The number of fused-ring (bicyclic) bond motifs is 1. The highest BCUT2D eigenvalue weighted by atomic mass is 35.5. The quantitative estimate of drug-likeness (QED) is 0.270. The van der Waals surface area contributed by atoms with E-state index in [9.17, 15) is 19.2 Å². The van der Waals surface area contributed by atoms with E-state index in [2.05, 4.69) is 0 Å². The molecule has 3 atom stereocenters. The zero-order chi connectivity index (χ0) is 24.0. The molecule has 0 saturated carbocycles. The van der Waals surface area contributed by atoms with Gasteiger partial charge in [0.1, 0.15) is 5.75 Å². The average Bonchev–Trinajstić information content (AvgIpc) is 3.34. The summed E-state index contributed by atoms with van der Waals surface area (Å²) in [7, 11) is 0. The van der Waals surface area contributed by atoms with Crippen molar-refractivity contribution in [2.24, 2.45) is 17.8 Å². The number of hydrogen-bond acceptors (Lipinski definition) is 5. The van der Waals surface area contributed by atoms with Gasteiger partial charge in [-0.25, -0.2) is 0 Å². The van der Waals surface area contributed by atoms with Crippen LogP contribution in [-0.4, -0.2) is 30.2 Å². The molecule has 2 saturated heterocycles. The second-order valence-electron chi connectivity index (χ2n) is 8.56. The van der Waals surface area contributed by atoms with E-state index in [1.807, 2.05) is 12.2 Å². The third-order valence-electron chi connectivity index (χ3n) is 6.50. The standard InChI is InChI=1S/C25H20Cl2N2O5/c26-19-6-3-7-20(22(19)27)28-13-14(12-21(28)30)25(33)34-16-10-8-15(9-11-16)29-23(31)17-4-1-2-5-18(17)24(29)32/h1-3,6-11,14,17-18H,4-5,12-13H2/t14-,17-,18+/m1/s1. The summed E-state index contributed by atoms with van der Waals surface area (Å²) in [5, 5.41) is 0.576. The normalized spacial score (nSPS) is 24.1. The molecule has 0 unspecified atom stereocenters. The maximum absolute atomic E-state index is 12.7. The molecule has 7 nitrogen and oxygen atoms in total. The van der Waals surface area contributed by atoms with E-state index in [-0.39, 0.29) is 53.3 Å². The number of imide groups is 1. The Morgan fingerprint density at radius 1 is 0.912 bits per heavy atom. The number of halogens is 2. The highest BCUT2D eigenvalue weighted by molar-refractivity contribution is 6.44. The maximum Gasteiger partial charge on any atom is 0.316 e. The summed E-state index contributed by atoms with van der Waals surface area (Å²) in [4.78, 5) is 53.4. The summed E-state index contributed by atoms with van der Waals surface area (Å²) in [6.07, 6.45) is 5.01. The van der Waals surface area contributed by atoms with Gasteiger partial charge in [0, 0.05) is 13.0 Å². The zero-order valence-corrected chi connectivity index (χ0v) is 19.5. The lowest BCUT2D eigenvalue weighted by molar-refractivity contribution is -0.139. The van der Waals surface area contributed by atoms with Crippen LogP contribution < -0.4 is 14.5 Å². The van der Waals surface area contributed by atoms with E-state index in [4.69, 9.17) is 27.9 Å². The van der Waals surface area contributed by atoms with Gasteiger partial charge in [-0.05, 0) is 49.2 Å². The molecule has 5 rings (SSSR count). The van der Waals surface area contributed by atoms with Gasteiger partial charge in [0.15, 0.2) is 0 Å². The molecule has 174 valence electrons. The van der Waals surface area contributed by atoms with E-state index in [0.29, 0.717) is 29.2 Å². The predicted molar refractivity (Wildman–Crippen MR) is 127 cm³/mol. The number of esters is 1. The van der Waals surface area contributed by atoms with Crippen molar-refractivity contribution in [1.29, 1.82) is 0 Å². The molecule has 0 bridgehead atoms. The van der Waals surface area contributed by atoms with Gasteiger partial charge in [-0.1, -0.05) is 41.4 Å². The van der Waals surface area contributed by atoms with Crippen LogP contribution in [0.2, 0.25) is 10.0 Å². The number of anilines is 2. The summed E-state index contributed by atoms with van der Waals surface area (Å²) in [5.74, 6) is -2.23.